The van der Waals surface area contributed by atoms with Crippen LogP contribution >= 0.6 is 11.3 Å². The van der Waals surface area contributed by atoms with Gasteiger partial charge in [-0.2, -0.15) is 13.2 Å². The number of fused-ring (bicyclic) bond motifs is 1. The monoisotopic (exact) mass is 630 g/mol. The molecule has 1 aliphatic heterocycles. The lowest BCUT2D eigenvalue weighted by molar-refractivity contribution is -0.139. The second-order valence-electron chi connectivity index (χ2n) is 9.99. The van der Waals surface area contributed by atoms with E-state index in [4.69, 9.17) is 18.9 Å². The van der Waals surface area contributed by atoms with Gasteiger partial charge in [-0.1, -0.05) is 65.9 Å². The Morgan fingerprint density at radius 1 is 1.00 bits per heavy atom. The van der Waals surface area contributed by atoms with E-state index >= 15 is 0 Å². The number of hydrogen-bond donors (Lipinski definition) is 0. The molecule has 0 saturated carbocycles. The summed E-state index contributed by atoms with van der Waals surface area (Å²) >= 11 is 1.10. The Morgan fingerprint density at radius 3 is 2.49 bits per heavy atom. The lowest BCUT2D eigenvalue weighted by Gasteiger charge is -2.26. The van der Waals surface area contributed by atoms with Gasteiger partial charge in [0.1, 0.15) is 17.3 Å². The van der Waals surface area contributed by atoms with Gasteiger partial charge < -0.3 is 13.9 Å². The van der Waals surface area contributed by atoms with Gasteiger partial charge in [0.2, 0.25) is 0 Å². The van der Waals surface area contributed by atoms with E-state index in [9.17, 15) is 22.8 Å². The number of furan rings is 1. The summed E-state index contributed by atoms with van der Waals surface area (Å²) in [6.07, 6.45) is -2.99. The van der Waals surface area contributed by atoms with Gasteiger partial charge in [-0.15, -0.1) is 0 Å². The molecular formula is C34H25F3N2O5S. The van der Waals surface area contributed by atoms with Crippen LogP contribution in [0.4, 0.5) is 13.2 Å². The summed E-state index contributed by atoms with van der Waals surface area (Å²) in [4.78, 5) is 32.8. The molecule has 5 aromatic rings. The molecule has 45 heavy (non-hydrogen) atoms. The average molecular weight is 631 g/mol. The number of esters is 1. The van der Waals surface area contributed by atoms with Crippen molar-refractivity contribution in [3.05, 3.63) is 139 Å². The highest BCUT2D eigenvalue weighted by atomic mass is 32.1. The summed E-state index contributed by atoms with van der Waals surface area (Å²) < 4.78 is 58.3. The number of rotatable bonds is 7. The highest BCUT2D eigenvalue weighted by molar-refractivity contribution is 7.07. The lowest BCUT2D eigenvalue weighted by atomic mass is 9.93. The quantitative estimate of drug-likeness (QED) is 0.200. The van der Waals surface area contributed by atoms with E-state index in [-0.39, 0.29) is 33.8 Å². The van der Waals surface area contributed by atoms with Crippen LogP contribution in [0.5, 0.6) is 5.75 Å². The van der Waals surface area contributed by atoms with Crippen LogP contribution < -0.4 is 19.6 Å². The van der Waals surface area contributed by atoms with E-state index in [1.165, 1.54) is 29.9 Å². The van der Waals surface area contributed by atoms with Crippen molar-refractivity contribution < 1.29 is 31.9 Å². The van der Waals surface area contributed by atoms with Gasteiger partial charge in [0, 0.05) is 17.2 Å². The fourth-order valence-electron chi connectivity index (χ4n) is 5.13. The molecule has 228 valence electrons. The van der Waals surface area contributed by atoms with Crippen molar-refractivity contribution in [2.24, 2.45) is 4.99 Å². The Balaban J connectivity index is 1.53. The smallest absolute Gasteiger partial charge is 0.416 e. The zero-order chi connectivity index (χ0) is 31.7. The molecule has 1 unspecified atom stereocenters. The van der Waals surface area contributed by atoms with E-state index in [0.717, 1.165) is 23.5 Å². The summed E-state index contributed by atoms with van der Waals surface area (Å²) in [7, 11) is 1.53. The molecule has 0 saturated heterocycles. The standard InChI is InChI=1S/C34H25F3N2O5S/c1-3-43-32(41)28-29(20-9-5-4-6-10-20)38-33-39(30(28)22-12-8-14-24(18-22)42-2)31(40)27(45-33)19-25-15-16-26(44-25)21-11-7-13-23(17-21)34(35,36)37/h4-19,30H,3H2,1-2H3/b27-19+. The number of benzene rings is 3. The molecule has 2 aromatic heterocycles. The topological polar surface area (TPSA) is 83.0 Å². The van der Waals surface area contributed by atoms with Gasteiger partial charge >= 0.3 is 12.1 Å². The van der Waals surface area contributed by atoms with Crippen LogP contribution in [0.3, 0.4) is 0 Å². The molecule has 0 amide bonds. The van der Waals surface area contributed by atoms with Crippen molar-refractivity contribution in [1.82, 2.24) is 4.57 Å². The van der Waals surface area contributed by atoms with Crippen molar-refractivity contribution in [3.8, 4) is 17.1 Å². The summed E-state index contributed by atoms with van der Waals surface area (Å²) in [5.74, 6) is 0.400. The second-order valence-corrected chi connectivity index (χ2v) is 11.0. The first-order valence-electron chi connectivity index (χ1n) is 13.9. The number of thiazole rings is 1. The van der Waals surface area contributed by atoms with Crippen molar-refractivity contribution in [1.29, 1.82) is 0 Å². The Labute approximate surface area is 258 Å². The van der Waals surface area contributed by atoms with E-state index in [1.807, 2.05) is 30.3 Å². The number of alkyl halides is 3. The first kappa shape index (κ1) is 29.9. The maximum atomic E-state index is 14.1. The third-order valence-electron chi connectivity index (χ3n) is 7.16. The number of nitrogens with zero attached hydrogens (tertiary/aromatic N) is 2. The van der Waals surface area contributed by atoms with Crippen LogP contribution in [0, 0.1) is 0 Å². The van der Waals surface area contributed by atoms with Crippen LogP contribution in [-0.4, -0.2) is 24.3 Å². The molecule has 3 aromatic carbocycles. The lowest BCUT2D eigenvalue weighted by Crippen LogP contribution is -2.40. The van der Waals surface area contributed by atoms with Gasteiger partial charge in [0.15, 0.2) is 4.80 Å². The van der Waals surface area contributed by atoms with E-state index in [1.54, 1.807) is 43.3 Å². The summed E-state index contributed by atoms with van der Waals surface area (Å²) in [6.45, 7) is 1.82. The number of carbonyl (C=O) groups is 1. The third-order valence-corrected chi connectivity index (χ3v) is 8.14. The molecule has 0 spiro atoms. The van der Waals surface area contributed by atoms with E-state index in [0.29, 0.717) is 27.4 Å². The molecule has 1 aliphatic rings. The van der Waals surface area contributed by atoms with Crippen molar-refractivity contribution in [2.75, 3.05) is 13.7 Å². The highest BCUT2D eigenvalue weighted by Crippen LogP contribution is 2.36. The maximum Gasteiger partial charge on any atom is 0.416 e. The summed E-state index contributed by atoms with van der Waals surface area (Å²) in [5.41, 5.74) is 0.865. The number of methoxy groups -OCH3 is 1. The summed E-state index contributed by atoms with van der Waals surface area (Å²) in [5, 5.41) is 0. The molecule has 11 heteroatoms. The van der Waals surface area contributed by atoms with Crippen LogP contribution in [0.1, 0.15) is 35.4 Å². The molecular weight excluding hydrogens is 605 g/mol. The second kappa shape index (κ2) is 12.1. The van der Waals surface area contributed by atoms with Gasteiger partial charge in [-0.25, -0.2) is 9.79 Å². The molecule has 0 aliphatic carbocycles. The minimum absolute atomic E-state index is 0.117. The maximum absolute atomic E-state index is 14.1. The van der Waals surface area contributed by atoms with Gasteiger partial charge in [-0.05, 0) is 48.9 Å². The molecule has 3 heterocycles. The van der Waals surface area contributed by atoms with Crippen LogP contribution in [0.2, 0.25) is 0 Å². The van der Waals surface area contributed by atoms with Crippen LogP contribution in [-0.2, 0) is 15.7 Å². The van der Waals surface area contributed by atoms with Gasteiger partial charge in [-0.3, -0.25) is 9.36 Å². The van der Waals surface area contributed by atoms with Gasteiger partial charge in [0.05, 0.1) is 41.1 Å². The zero-order valence-electron chi connectivity index (χ0n) is 24.0. The molecule has 0 radical (unpaired) electrons. The van der Waals surface area contributed by atoms with Crippen LogP contribution in [0.25, 0.3) is 23.1 Å². The molecule has 1 atom stereocenters. The molecule has 0 N–H and O–H groups in total. The van der Waals surface area contributed by atoms with Crippen molar-refractivity contribution >= 4 is 29.1 Å². The number of carbonyl (C=O) groups excluding carboxylic acids is 1. The fourth-order valence-corrected chi connectivity index (χ4v) is 6.11. The minimum atomic E-state index is -4.50. The first-order chi connectivity index (χ1) is 21.7. The van der Waals surface area contributed by atoms with Crippen molar-refractivity contribution in [3.63, 3.8) is 0 Å². The number of halogens is 3. The Morgan fingerprint density at radius 2 is 1.76 bits per heavy atom. The average Bonchev–Trinajstić information content (AvgIpc) is 3.64. The van der Waals surface area contributed by atoms with Crippen molar-refractivity contribution in [2.45, 2.75) is 19.1 Å². The summed E-state index contributed by atoms with van der Waals surface area (Å²) in [6, 6.07) is 23.3. The SMILES string of the molecule is CCOC(=O)C1=C(c2ccccc2)N=c2s/c(=C/c3ccc(-c4cccc(C(F)(F)F)c4)o3)c(=O)n2C1c1cccc(OC)c1. The minimum Gasteiger partial charge on any atom is -0.497 e. The Kier molecular flexibility index (Phi) is 8.03. The predicted octanol–water partition coefficient (Wildman–Crippen LogP) is 6.22. The van der Waals surface area contributed by atoms with Gasteiger partial charge in [0.25, 0.3) is 5.56 Å². The number of ether oxygens (including phenoxy) is 2. The Hall–Kier alpha value is -5.16. The molecule has 7 nitrogen and oxygen atoms in total. The molecule has 0 bridgehead atoms. The number of aromatic nitrogens is 1. The molecule has 6 rings (SSSR count). The largest absolute Gasteiger partial charge is 0.497 e. The van der Waals surface area contributed by atoms with E-state index in [2.05, 4.69) is 0 Å². The normalized spacial score (nSPS) is 15.0. The zero-order valence-corrected chi connectivity index (χ0v) is 24.8. The predicted molar refractivity (Wildman–Crippen MR) is 163 cm³/mol. The fraction of sp³-hybridized carbons (Fsp3) is 0.147. The molecule has 0 fully saturated rings. The Bertz CT molecular complexity index is 2110. The van der Waals surface area contributed by atoms with E-state index < -0.39 is 29.3 Å². The first-order valence-corrected chi connectivity index (χ1v) is 14.7. The van der Waals surface area contributed by atoms with Crippen LogP contribution in [0.15, 0.2) is 111 Å². The third kappa shape index (κ3) is 5.86. The number of hydrogen-bond acceptors (Lipinski definition) is 7. The highest BCUT2D eigenvalue weighted by Gasteiger charge is 2.35.